The maximum atomic E-state index is 13.3. The van der Waals surface area contributed by atoms with E-state index in [4.69, 9.17) is 9.72 Å². The minimum atomic E-state index is -3.60. The average Bonchev–Trinajstić information content (AvgIpc) is 3.28. The van der Waals surface area contributed by atoms with E-state index in [0.717, 1.165) is 29.7 Å². The molecule has 0 aliphatic carbocycles. The predicted molar refractivity (Wildman–Crippen MR) is 139 cm³/mol. The maximum absolute atomic E-state index is 13.3. The van der Waals surface area contributed by atoms with E-state index < -0.39 is 9.84 Å². The number of thiazole rings is 1. The number of carbonyl (C=O) groups is 1. The van der Waals surface area contributed by atoms with E-state index in [1.807, 2.05) is 6.07 Å². The Hall–Kier alpha value is -2.49. The van der Waals surface area contributed by atoms with Gasteiger partial charge in [-0.05, 0) is 61.5 Å². The van der Waals surface area contributed by atoms with Crippen LogP contribution >= 0.6 is 11.3 Å². The number of anilines is 1. The van der Waals surface area contributed by atoms with Gasteiger partial charge in [-0.1, -0.05) is 38.2 Å². The smallest absolute Gasteiger partial charge is 0.229 e. The van der Waals surface area contributed by atoms with Crippen LogP contribution in [0, 0.1) is 0 Å². The van der Waals surface area contributed by atoms with Crippen molar-refractivity contribution < 1.29 is 17.9 Å². The van der Waals surface area contributed by atoms with E-state index in [9.17, 15) is 13.2 Å². The van der Waals surface area contributed by atoms with Gasteiger partial charge in [-0.3, -0.25) is 9.69 Å². The summed E-state index contributed by atoms with van der Waals surface area (Å²) in [5.41, 5.74) is 2.07. The minimum absolute atomic E-state index is 0.108. The lowest BCUT2D eigenvalue weighted by molar-refractivity contribution is -0.118. The van der Waals surface area contributed by atoms with Gasteiger partial charge in [-0.2, -0.15) is 0 Å². The van der Waals surface area contributed by atoms with Crippen molar-refractivity contribution in [3.05, 3.63) is 48.0 Å². The lowest BCUT2D eigenvalue weighted by Gasteiger charge is -2.24. The number of likely N-dealkylation sites (N-methyl/N-ethyl adjacent to an activating group) is 1. The first-order chi connectivity index (χ1) is 16.3. The third-order valence-corrected chi connectivity index (χ3v) is 8.69. The molecule has 2 aromatic carbocycles. The zero-order valence-corrected chi connectivity index (χ0v) is 21.9. The Morgan fingerprint density at radius 1 is 1.03 bits per heavy atom. The number of aromatic nitrogens is 1. The molecule has 34 heavy (non-hydrogen) atoms. The molecule has 3 rings (SSSR count). The summed E-state index contributed by atoms with van der Waals surface area (Å²) in [5, 5.41) is 0.613. The number of carbonyl (C=O) groups excluding carboxylic acids is 1. The van der Waals surface area contributed by atoms with Crippen molar-refractivity contribution in [2.24, 2.45) is 0 Å². The summed E-state index contributed by atoms with van der Waals surface area (Å²) < 4.78 is 31.8. The summed E-state index contributed by atoms with van der Waals surface area (Å²) >= 11 is 1.48. The molecule has 1 aromatic heterocycles. The van der Waals surface area contributed by atoms with Gasteiger partial charge in [0.25, 0.3) is 0 Å². The highest BCUT2D eigenvalue weighted by Crippen LogP contribution is 2.30. The third-order valence-electron chi connectivity index (χ3n) is 5.92. The fourth-order valence-corrected chi connectivity index (χ4v) is 5.96. The normalized spacial score (nSPS) is 11.8. The molecule has 1 heterocycles. The number of sulfone groups is 1. The van der Waals surface area contributed by atoms with Crippen LogP contribution in [-0.2, 0) is 21.1 Å². The van der Waals surface area contributed by atoms with Crippen LogP contribution in [0.1, 0.15) is 32.8 Å². The molecule has 0 N–H and O–H groups in total. The molecule has 0 saturated carbocycles. The second-order valence-electron chi connectivity index (χ2n) is 7.97. The molecule has 1 amide bonds. The molecule has 7 nitrogen and oxygen atoms in total. The van der Waals surface area contributed by atoms with Crippen molar-refractivity contribution in [1.29, 1.82) is 0 Å². The first-order valence-corrected chi connectivity index (χ1v) is 14.1. The van der Waals surface area contributed by atoms with Gasteiger partial charge in [0.15, 0.2) is 15.0 Å². The molecular formula is C25H33N3O4S2. The topological polar surface area (TPSA) is 79.8 Å². The van der Waals surface area contributed by atoms with Gasteiger partial charge in [-0.25, -0.2) is 13.4 Å². The van der Waals surface area contributed by atoms with Crippen LogP contribution in [0.2, 0.25) is 0 Å². The number of hydrogen-bond donors (Lipinski definition) is 0. The number of nitrogens with zero attached hydrogens (tertiary/aromatic N) is 3. The molecular weight excluding hydrogens is 470 g/mol. The van der Waals surface area contributed by atoms with Gasteiger partial charge in [-0.15, -0.1) is 0 Å². The summed E-state index contributed by atoms with van der Waals surface area (Å²) in [6, 6.07) is 12.4. The van der Waals surface area contributed by atoms with E-state index in [2.05, 4.69) is 37.8 Å². The van der Waals surface area contributed by atoms with Crippen molar-refractivity contribution in [2.45, 2.75) is 38.5 Å². The van der Waals surface area contributed by atoms with E-state index in [1.54, 1.807) is 17.0 Å². The zero-order chi connectivity index (χ0) is 24.7. The molecule has 0 spiro atoms. The van der Waals surface area contributed by atoms with Crippen molar-refractivity contribution in [3.8, 4) is 5.75 Å². The number of amides is 1. The molecule has 0 fully saturated rings. The quantitative estimate of drug-likeness (QED) is 0.364. The van der Waals surface area contributed by atoms with Crippen molar-refractivity contribution in [2.75, 3.05) is 43.9 Å². The van der Waals surface area contributed by atoms with Crippen molar-refractivity contribution in [3.63, 3.8) is 0 Å². The van der Waals surface area contributed by atoms with E-state index in [0.29, 0.717) is 24.0 Å². The molecule has 0 aliphatic heterocycles. The lowest BCUT2D eigenvalue weighted by atomic mass is 10.2. The van der Waals surface area contributed by atoms with E-state index in [1.165, 1.54) is 36.1 Å². The molecule has 0 bridgehead atoms. The van der Waals surface area contributed by atoms with E-state index in [-0.39, 0.29) is 23.0 Å². The number of fused-ring (bicyclic) bond motifs is 1. The van der Waals surface area contributed by atoms with Crippen LogP contribution in [0.5, 0.6) is 5.75 Å². The minimum Gasteiger partial charge on any atom is -0.497 e. The predicted octanol–water partition coefficient (Wildman–Crippen LogP) is 4.41. The average molecular weight is 504 g/mol. The highest BCUT2D eigenvalue weighted by Gasteiger charge is 2.24. The second kappa shape index (κ2) is 11.8. The van der Waals surface area contributed by atoms with Gasteiger partial charge in [0.1, 0.15) is 5.75 Å². The van der Waals surface area contributed by atoms with Crippen LogP contribution in [0.25, 0.3) is 10.2 Å². The van der Waals surface area contributed by atoms with Gasteiger partial charge >= 0.3 is 0 Å². The summed E-state index contributed by atoms with van der Waals surface area (Å²) in [5.74, 6) is 0.0869. The molecule has 0 radical (unpaired) electrons. The standard InChI is InChI=1S/C25H33N3O4S2/c1-5-19-8-13-22-23(18-19)33-25(26-22)28(16-15-27(6-2)7-3)24(29)14-17-34(30,31)21-11-9-20(32-4)10-12-21/h8-13,18H,5-7,14-17H2,1-4H3. The largest absolute Gasteiger partial charge is 0.497 e. The van der Waals surface area contributed by atoms with Crippen LogP contribution < -0.4 is 9.64 Å². The van der Waals surface area contributed by atoms with Crippen LogP contribution in [0.3, 0.4) is 0 Å². The summed E-state index contributed by atoms with van der Waals surface area (Å²) in [7, 11) is -2.07. The Balaban J connectivity index is 1.81. The van der Waals surface area contributed by atoms with Crippen LogP contribution in [0.4, 0.5) is 5.13 Å². The fourth-order valence-electron chi connectivity index (χ4n) is 3.66. The number of aryl methyl sites for hydroxylation is 1. The number of benzene rings is 2. The van der Waals surface area contributed by atoms with Gasteiger partial charge in [0, 0.05) is 19.5 Å². The Morgan fingerprint density at radius 2 is 1.74 bits per heavy atom. The number of hydrogen-bond acceptors (Lipinski definition) is 7. The van der Waals surface area contributed by atoms with Gasteiger partial charge in [0.05, 0.1) is 28.0 Å². The monoisotopic (exact) mass is 503 g/mol. The van der Waals surface area contributed by atoms with Crippen molar-refractivity contribution in [1.82, 2.24) is 9.88 Å². The Kier molecular flexibility index (Phi) is 9.04. The zero-order valence-electron chi connectivity index (χ0n) is 20.3. The van der Waals surface area contributed by atoms with Gasteiger partial charge in [0.2, 0.25) is 5.91 Å². The maximum Gasteiger partial charge on any atom is 0.229 e. The second-order valence-corrected chi connectivity index (χ2v) is 11.1. The molecule has 0 atom stereocenters. The number of ether oxygens (including phenoxy) is 1. The molecule has 184 valence electrons. The summed E-state index contributed by atoms with van der Waals surface area (Å²) in [6.45, 7) is 9.19. The summed E-state index contributed by atoms with van der Waals surface area (Å²) in [6.07, 6.45) is 0.819. The van der Waals surface area contributed by atoms with Gasteiger partial charge < -0.3 is 9.64 Å². The molecule has 0 aliphatic rings. The SMILES string of the molecule is CCc1ccc2nc(N(CCN(CC)CC)C(=O)CCS(=O)(=O)c3ccc(OC)cc3)sc2c1. The van der Waals surface area contributed by atoms with Crippen LogP contribution in [0.15, 0.2) is 47.4 Å². The van der Waals surface area contributed by atoms with Crippen molar-refractivity contribution >= 4 is 42.4 Å². The van der Waals surface area contributed by atoms with Crippen LogP contribution in [-0.4, -0.2) is 63.3 Å². The fraction of sp³-hybridized carbons (Fsp3) is 0.440. The third kappa shape index (κ3) is 6.34. The highest BCUT2D eigenvalue weighted by atomic mass is 32.2. The molecule has 0 unspecified atom stereocenters. The first kappa shape index (κ1) is 26.1. The number of rotatable bonds is 12. The summed E-state index contributed by atoms with van der Waals surface area (Å²) in [4.78, 5) is 22.1. The first-order valence-electron chi connectivity index (χ1n) is 11.6. The Morgan fingerprint density at radius 3 is 2.35 bits per heavy atom. The molecule has 9 heteroatoms. The number of methoxy groups -OCH3 is 1. The Labute approximate surface area is 206 Å². The molecule has 3 aromatic rings. The Bertz CT molecular complexity index is 1200. The molecule has 0 saturated heterocycles. The van der Waals surface area contributed by atoms with E-state index >= 15 is 0 Å². The lowest BCUT2D eigenvalue weighted by Crippen LogP contribution is -2.39. The highest BCUT2D eigenvalue weighted by molar-refractivity contribution is 7.91.